The topological polar surface area (TPSA) is 78.4 Å². The molecule has 32 heavy (non-hydrogen) atoms. The molecule has 168 valence electrons. The second-order valence-corrected chi connectivity index (χ2v) is 8.67. The summed E-state index contributed by atoms with van der Waals surface area (Å²) in [4.78, 5) is 10.5. The zero-order valence-electron chi connectivity index (χ0n) is 16.5. The Morgan fingerprint density at radius 2 is 2.03 bits per heavy atom. The van der Waals surface area contributed by atoms with Gasteiger partial charge >= 0.3 is 6.18 Å². The average Bonchev–Trinajstić information content (AvgIpc) is 3.45. The van der Waals surface area contributed by atoms with Gasteiger partial charge in [-0.25, -0.2) is 4.98 Å². The summed E-state index contributed by atoms with van der Waals surface area (Å²) in [6.45, 7) is 0.0561. The van der Waals surface area contributed by atoms with Crippen LogP contribution in [-0.4, -0.2) is 53.0 Å². The van der Waals surface area contributed by atoms with Gasteiger partial charge in [-0.05, 0) is 30.5 Å². The fraction of sp³-hybridized carbons (Fsp3) is 0.450. The Balaban J connectivity index is 1.59. The summed E-state index contributed by atoms with van der Waals surface area (Å²) in [5, 5.41) is 11.8. The van der Waals surface area contributed by atoms with Crippen molar-refractivity contribution in [3.8, 4) is 16.6 Å². The molecular weight excluding hydrogens is 450 g/mol. The molecule has 4 heterocycles. The number of ether oxygens (including phenoxy) is 1. The van der Waals surface area contributed by atoms with Crippen LogP contribution in [0.15, 0.2) is 28.1 Å². The summed E-state index contributed by atoms with van der Waals surface area (Å²) < 4.78 is 66.0. The van der Waals surface area contributed by atoms with Crippen LogP contribution in [0.5, 0.6) is 0 Å². The van der Waals surface area contributed by atoms with Crippen LogP contribution in [0, 0.1) is 11.3 Å². The second kappa shape index (κ2) is 7.99. The Labute approximate surface area is 183 Å². The molecule has 0 radical (unpaired) electrons. The van der Waals surface area contributed by atoms with Crippen LogP contribution in [0.25, 0.3) is 21.7 Å². The standard InChI is InChI=1S/C20H17F4N5O2S/c21-20(22,23)17(30-5-3-25)11-7-14(18-26-4-6-32-18)16-15(8-11)27-19(31-16)28-9-12-1-2-13(10-28)29(12)24/h4,6-8,12-13,17H,1-2,5,9-10H2. The molecule has 2 aliphatic rings. The molecule has 3 atom stereocenters. The maximum atomic E-state index is 14.1. The van der Waals surface area contributed by atoms with Crippen molar-refractivity contribution in [2.75, 3.05) is 24.6 Å². The van der Waals surface area contributed by atoms with Gasteiger partial charge in [-0.15, -0.1) is 20.9 Å². The molecule has 0 amide bonds. The number of piperazine rings is 1. The molecule has 0 aliphatic carbocycles. The largest absolute Gasteiger partial charge is 0.423 e. The van der Waals surface area contributed by atoms with Gasteiger partial charge in [0.25, 0.3) is 6.01 Å². The van der Waals surface area contributed by atoms with Crippen LogP contribution in [0.3, 0.4) is 0 Å². The van der Waals surface area contributed by atoms with Gasteiger partial charge in [0.2, 0.25) is 0 Å². The fourth-order valence-corrected chi connectivity index (χ4v) is 5.00. The average molecular weight is 467 g/mol. The van der Waals surface area contributed by atoms with E-state index < -0.39 is 18.9 Å². The van der Waals surface area contributed by atoms with E-state index in [9.17, 15) is 17.7 Å². The lowest BCUT2D eigenvalue weighted by molar-refractivity contribution is -0.220. The summed E-state index contributed by atoms with van der Waals surface area (Å²) in [7, 11) is 0. The van der Waals surface area contributed by atoms with Crippen molar-refractivity contribution in [2.24, 2.45) is 0 Å². The maximum Gasteiger partial charge on any atom is 0.418 e. The summed E-state index contributed by atoms with van der Waals surface area (Å²) in [6, 6.07) is 3.87. The minimum Gasteiger partial charge on any atom is -0.423 e. The van der Waals surface area contributed by atoms with Crippen molar-refractivity contribution in [1.82, 2.24) is 15.1 Å². The molecule has 1 aromatic carbocycles. The highest BCUT2D eigenvalue weighted by Gasteiger charge is 2.44. The molecule has 2 fully saturated rings. The number of thiazole rings is 1. The fourth-order valence-electron chi connectivity index (χ4n) is 4.35. The quantitative estimate of drug-likeness (QED) is 0.400. The van der Waals surface area contributed by atoms with Crippen molar-refractivity contribution in [2.45, 2.75) is 37.2 Å². The van der Waals surface area contributed by atoms with E-state index >= 15 is 0 Å². The van der Waals surface area contributed by atoms with E-state index in [1.54, 1.807) is 17.6 Å². The van der Waals surface area contributed by atoms with Crippen LogP contribution in [-0.2, 0) is 4.74 Å². The molecule has 5 rings (SSSR count). The van der Waals surface area contributed by atoms with Crippen LogP contribution in [0.1, 0.15) is 24.5 Å². The van der Waals surface area contributed by atoms with E-state index in [-0.39, 0.29) is 29.2 Å². The molecule has 7 nitrogen and oxygen atoms in total. The smallest absolute Gasteiger partial charge is 0.418 e. The number of anilines is 1. The van der Waals surface area contributed by atoms with Crippen LogP contribution >= 0.6 is 11.3 Å². The molecule has 0 saturated carbocycles. The van der Waals surface area contributed by atoms with Crippen LogP contribution in [0.4, 0.5) is 23.7 Å². The van der Waals surface area contributed by atoms with Crippen molar-refractivity contribution in [1.29, 1.82) is 5.26 Å². The van der Waals surface area contributed by atoms with Gasteiger partial charge in [0.05, 0.1) is 23.7 Å². The van der Waals surface area contributed by atoms with Crippen molar-refractivity contribution in [3.05, 3.63) is 29.3 Å². The molecule has 2 aliphatic heterocycles. The third-order valence-corrected chi connectivity index (χ3v) is 6.55. The minimum atomic E-state index is -4.73. The number of alkyl halides is 3. The molecule has 12 heteroatoms. The van der Waals surface area contributed by atoms with E-state index in [0.29, 0.717) is 29.2 Å². The lowest BCUT2D eigenvalue weighted by atomic mass is 10.0. The lowest BCUT2D eigenvalue weighted by Crippen LogP contribution is -2.50. The van der Waals surface area contributed by atoms with Gasteiger partial charge in [-0.1, -0.05) is 0 Å². The number of hydrogen-bond donors (Lipinski definition) is 0. The van der Waals surface area contributed by atoms with E-state index in [1.807, 2.05) is 4.90 Å². The number of oxazole rings is 1. The highest BCUT2D eigenvalue weighted by atomic mass is 32.1. The van der Waals surface area contributed by atoms with Gasteiger partial charge in [-0.2, -0.15) is 23.4 Å². The Kier molecular flexibility index (Phi) is 5.27. The van der Waals surface area contributed by atoms with Gasteiger partial charge < -0.3 is 14.1 Å². The molecule has 0 N–H and O–H groups in total. The van der Waals surface area contributed by atoms with Gasteiger partial charge in [0.1, 0.15) is 17.1 Å². The minimum absolute atomic E-state index is 0.195. The van der Waals surface area contributed by atoms with Crippen LogP contribution < -0.4 is 4.90 Å². The third kappa shape index (κ3) is 3.70. The first-order valence-electron chi connectivity index (χ1n) is 9.94. The Morgan fingerprint density at radius 3 is 2.66 bits per heavy atom. The van der Waals surface area contributed by atoms with E-state index in [2.05, 4.69) is 9.97 Å². The summed E-state index contributed by atoms with van der Waals surface area (Å²) in [6.07, 6.45) is -4.02. The van der Waals surface area contributed by atoms with Crippen molar-refractivity contribution < 1.29 is 26.8 Å². The highest BCUT2D eigenvalue weighted by molar-refractivity contribution is 7.13. The van der Waals surface area contributed by atoms with Gasteiger partial charge in [0.15, 0.2) is 11.7 Å². The molecule has 3 aromatic rings. The zero-order valence-corrected chi connectivity index (χ0v) is 17.4. The highest BCUT2D eigenvalue weighted by Crippen LogP contribution is 2.42. The SMILES string of the molecule is N#CCOC(c1cc(-c2nccs2)c2oc(N3CC4CCC(C3)N4F)nc2c1)C(F)(F)F. The number of nitriles is 1. The monoisotopic (exact) mass is 467 g/mol. The van der Waals surface area contributed by atoms with Crippen LogP contribution in [0.2, 0.25) is 0 Å². The number of halogens is 4. The predicted octanol–water partition coefficient (Wildman–Crippen LogP) is 4.63. The molecule has 3 unspecified atom stereocenters. The predicted molar refractivity (Wildman–Crippen MR) is 107 cm³/mol. The lowest BCUT2D eigenvalue weighted by Gasteiger charge is -2.34. The first-order valence-corrected chi connectivity index (χ1v) is 10.8. The molecule has 2 saturated heterocycles. The number of benzene rings is 1. The molecule has 2 bridgehead atoms. The van der Waals surface area contributed by atoms with Gasteiger partial charge in [0, 0.05) is 24.7 Å². The first-order chi connectivity index (χ1) is 15.3. The number of fused-ring (bicyclic) bond motifs is 3. The number of hydrogen-bond acceptors (Lipinski definition) is 8. The summed E-state index contributed by atoms with van der Waals surface area (Å²) >= 11 is 1.25. The Morgan fingerprint density at radius 1 is 1.28 bits per heavy atom. The van der Waals surface area contributed by atoms with E-state index in [0.717, 1.165) is 18.0 Å². The number of aromatic nitrogens is 2. The summed E-state index contributed by atoms with van der Waals surface area (Å²) in [5.74, 6) is 0. The Bertz CT molecular complexity index is 1150. The zero-order chi connectivity index (χ0) is 22.5. The van der Waals surface area contributed by atoms with Crippen molar-refractivity contribution >= 4 is 28.5 Å². The molecule has 0 spiro atoms. The number of nitrogens with zero attached hydrogens (tertiary/aromatic N) is 5. The van der Waals surface area contributed by atoms with E-state index in [1.165, 1.54) is 23.5 Å². The Hall–Kier alpha value is -2.75. The number of rotatable bonds is 5. The second-order valence-electron chi connectivity index (χ2n) is 7.78. The maximum absolute atomic E-state index is 14.1. The molecule has 2 aromatic heterocycles. The van der Waals surface area contributed by atoms with Gasteiger partial charge in [-0.3, -0.25) is 0 Å². The first kappa shape index (κ1) is 21.1. The van der Waals surface area contributed by atoms with Crippen molar-refractivity contribution in [3.63, 3.8) is 0 Å². The normalized spacial score (nSPS) is 22.4. The van der Waals surface area contributed by atoms with E-state index in [4.69, 9.17) is 14.4 Å². The molecular formula is C20H17F4N5O2S. The summed E-state index contributed by atoms with van der Waals surface area (Å²) in [5.41, 5.74) is 0.676. The third-order valence-electron chi connectivity index (χ3n) is 5.74.